The van der Waals surface area contributed by atoms with E-state index in [9.17, 15) is 4.79 Å². The van der Waals surface area contributed by atoms with Crippen molar-refractivity contribution in [3.8, 4) is 16.2 Å². The molecule has 1 aliphatic rings. The summed E-state index contributed by atoms with van der Waals surface area (Å²) in [5, 5.41) is 3.32. The molecule has 0 aliphatic carbocycles. The van der Waals surface area contributed by atoms with Gasteiger partial charge < -0.3 is 15.0 Å². The first-order valence-electron chi connectivity index (χ1n) is 7.53. The Kier molecular flexibility index (Phi) is 4.75. The lowest BCUT2D eigenvalue weighted by Crippen LogP contribution is -2.33. The highest BCUT2D eigenvalue weighted by Crippen LogP contribution is 2.36. The van der Waals surface area contributed by atoms with Gasteiger partial charge in [-0.05, 0) is 24.6 Å². The van der Waals surface area contributed by atoms with Gasteiger partial charge in [0.2, 0.25) is 0 Å². The monoisotopic (exact) mass is 316 g/mol. The highest BCUT2D eigenvalue weighted by Gasteiger charge is 2.23. The van der Waals surface area contributed by atoms with Gasteiger partial charge in [-0.2, -0.15) is 0 Å². The van der Waals surface area contributed by atoms with Crippen LogP contribution in [0.1, 0.15) is 16.1 Å². The molecule has 0 radical (unpaired) electrons. The Hall–Kier alpha value is -1.85. The molecule has 116 valence electrons. The lowest BCUT2D eigenvalue weighted by Gasteiger charge is -2.19. The largest absolute Gasteiger partial charge is 0.495 e. The number of hydrogen-bond acceptors (Lipinski definition) is 4. The van der Waals surface area contributed by atoms with Gasteiger partial charge in [-0.25, -0.2) is 0 Å². The third-order valence-electron chi connectivity index (χ3n) is 3.80. The number of carbonyl (C=O) groups excluding carboxylic acids is 1. The van der Waals surface area contributed by atoms with Crippen LogP contribution in [0.15, 0.2) is 36.4 Å². The second-order valence-electron chi connectivity index (χ2n) is 5.27. The molecule has 1 aromatic carbocycles. The molecule has 3 rings (SSSR count). The van der Waals surface area contributed by atoms with Crippen LogP contribution < -0.4 is 10.1 Å². The SMILES string of the molecule is COc1cc(-c2ccccc2)sc1C(=O)N1CCCNCC1. The Morgan fingerprint density at radius 1 is 1.23 bits per heavy atom. The number of benzene rings is 1. The summed E-state index contributed by atoms with van der Waals surface area (Å²) in [5.41, 5.74) is 1.11. The summed E-state index contributed by atoms with van der Waals surface area (Å²) >= 11 is 1.51. The van der Waals surface area contributed by atoms with Crippen molar-refractivity contribution in [2.75, 3.05) is 33.3 Å². The van der Waals surface area contributed by atoms with E-state index >= 15 is 0 Å². The fourth-order valence-corrected chi connectivity index (χ4v) is 3.71. The van der Waals surface area contributed by atoms with Crippen molar-refractivity contribution in [2.45, 2.75) is 6.42 Å². The highest BCUT2D eigenvalue weighted by molar-refractivity contribution is 7.17. The first-order valence-corrected chi connectivity index (χ1v) is 8.34. The fourth-order valence-electron chi connectivity index (χ4n) is 2.61. The van der Waals surface area contributed by atoms with E-state index in [1.165, 1.54) is 11.3 Å². The first-order chi connectivity index (χ1) is 10.8. The molecule has 1 saturated heterocycles. The smallest absolute Gasteiger partial charge is 0.267 e. The molecule has 22 heavy (non-hydrogen) atoms. The van der Waals surface area contributed by atoms with E-state index in [1.807, 2.05) is 29.2 Å². The van der Waals surface area contributed by atoms with Crippen LogP contribution in [0.25, 0.3) is 10.4 Å². The van der Waals surface area contributed by atoms with Crippen molar-refractivity contribution < 1.29 is 9.53 Å². The number of rotatable bonds is 3. The number of methoxy groups -OCH3 is 1. The summed E-state index contributed by atoms with van der Waals surface area (Å²) < 4.78 is 5.44. The number of hydrogen-bond donors (Lipinski definition) is 1. The molecule has 1 fully saturated rings. The number of thiophene rings is 1. The maximum absolute atomic E-state index is 12.8. The van der Waals surface area contributed by atoms with Gasteiger partial charge in [0, 0.05) is 24.5 Å². The van der Waals surface area contributed by atoms with Gasteiger partial charge in [-0.15, -0.1) is 11.3 Å². The Bertz CT molecular complexity index is 631. The molecule has 2 heterocycles. The zero-order valence-corrected chi connectivity index (χ0v) is 13.5. The van der Waals surface area contributed by atoms with Crippen molar-refractivity contribution in [3.63, 3.8) is 0 Å². The van der Waals surface area contributed by atoms with Crippen molar-refractivity contribution >= 4 is 17.2 Å². The zero-order valence-electron chi connectivity index (χ0n) is 12.7. The number of amides is 1. The molecule has 0 bridgehead atoms. The molecule has 2 aromatic rings. The van der Waals surface area contributed by atoms with Crippen LogP contribution in [-0.2, 0) is 0 Å². The molecule has 0 unspecified atom stereocenters. The molecule has 0 spiro atoms. The maximum atomic E-state index is 12.8. The third kappa shape index (κ3) is 3.15. The number of nitrogens with zero attached hydrogens (tertiary/aromatic N) is 1. The predicted octanol–water partition coefficient (Wildman–Crippen LogP) is 2.86. The molecule has 1 aromatic heterocycles. The van der Waals surface area contributed by atoms with E-state index in [4.69, 9.17) is 4.74 Å². The summed E-state index contributed by atoms with van der Waals surface area (Å²) in [4.78, 5) is 16.5. The van der Waals surface area contributed by atoms with E-state index in [0.29, 0.717) is 10.6 Å². The minimum absolute atomic E-state index is 0.0766. The number of carbonyl (C=O) groups is 1. The van der Waals surface area contributed by atoms with E-state index in [1.54, 1.807) is 7.11 Å². The zero-order chi connectivity index (χ0) is 15.4. The lowest BCUT2D eigenvalue weighted by atomic mass is 10.2. The normalized spacial score (nSPS) is 15.4. The van der Waals surface area contributed by atoms with Crippen molar-refractivity contribution in [2.24, 2.45) is 0 Å². The van der Waals surface area contributed by atoms with Gasteiger partial charge in [0.1, 0.15) is 10.6 Å². The predicted molar refractivity (Wildman–Crippen MR) is 89.7 cm³/mol. The van der Waals surface area contributed by atoms with Crippen LogP contribution >= 0.6 is 11.3 Å². The van der Waals surface area contributed by atoms with Crippen LogP contribution in [0.2, 0.25) is 0 Å². The van der Waals surface area contributed by atoms with Crippen molar-refractivity contribution in [1.82, 2.24) is 10.2 Å². The van der Waals surface area contributed by atoms with Crippen LogP contribution in [0.3, 0.4) is 0 Å². The summed E-state index contributed by atoms with van der Waals surface area (Å²) in [6.07, 6.45) is 0.991. The van der Waals surface area contributed by atoms with Gasteiger partial charge >= 0.3 is 0 Å². The van der Waals surface area contributed by atoms with Crippen molar-refractivity contribution in [1.29, 1.82) is 0 Å². The van der Waals surface area contributed by atoms with Crippen LogP contribution in [0, 0.1) is 0 Å². The van der Waals surface area contributed by atoms with Gasteiger partial charge in [0.25, 0.3) is 5.91 Å². The summed E-state index contributed by atoms with van der Waals surface area (Å²) in [6.45, 7) is 3.37. The average molecular weight is 316 g/mol. The van der Waals surface area contributed by atoms with E-state index in [2.05, 4.69) is 17.4 Å². The fraction of sp³-hybridized carbons (Fsp3) is 0.353. The number of nitrogens with one attached hydrogen (secondary N) is 1. The molecule has 1 N–H and O–H groups in total. The summed E-state index contributed by atoms with van der Waals surface area (Å²) in [6, 6.07) is 12.1. The van der Waals surface area contributed by atoms with Gasteiger partial charge in [-0.1, -0.05) is 30.3 Å². The van der Waals surface area contributed by atoms with E-state index in [-0.39, 0.29) is 5.91 Å². The van der Waals surface area contributed by atoms with Crippen LogP contribution in [-0.4, -0.2) is 44.1 Å². The Labute approximate surface area is 134 Å². The second kappa shape index (κ2) is 6.94. The molecular formula is C17H20N2O2S. The Morgan fingerprint density at radius 3 is 2.82 bits per heavy atom. The summed E-state index contributed by atoms with van der Waals surface area (Å²) in [5.74, 6) is 0.749. The Morgan fingerprint density at radius 2 is 2.05 bits per heavy atom. The molecular weight excluding hydrogens is 296 g/mol. The topological polar surface area (TPSA) is 41.6 Å². The second-order valence-corrected chi connectivity index (χ2v) is 6.32. The molecule has 1 aliphatic heterocycles. The molecule has 4 nitrogen and oxygen atoms in total. The highest BCUT2D eigenvalue weighted by atomic mass is 32.1. The minimum Gasteiger partial charge on any atom is -0.495 e. The molecule has 1 amide bonds. The quantitative estimate of drug-likeness (QED) is 0.947. The van der Waals surface area contributed by atoms with E-state index in [0.717, 1.165) is 43.0 Å². The molecule has 0 atom stereocenters. The van der Waals surface area contributed by atoms with Crippen LogP contribution in [0.4, 0.5) is 0 Å². The maximum Gasteiger partial charge on any atom is 0.267 e. The minimum atomic E-state index is 0.0766. The van der Waals surface area contributed by atoms with Crippen LogP contribution in [0.5, 0.6) is 5.75 Å². The summed E-state index contributed by atoms with van der Waals surface area (Å²) in [7, 11) is 1.62. The third-order valence-corrected chi connectivity index (χ3v) is 4.95. The Balaban J connectivity index is 1.89. The molecule has 5 heteroatoms. The average Bonchev–Trinajstić information content (AvgIpc) is 2.81. The first kappa shape index (κ1) is 15.1. The standard InChI is InChI=1S/C17H20N2O2S/c1-21-14-12-15(13-6-3-2-4-7-13)22-16(14)17(20)19-10-5-8-18-9-11-19/h2-4,6-7,12,18H,5,8-11H2,1H3. The molecule has 0 saturated carbocycles. The van der Waals surface area contributed by atoms with E-state index < -0.39 is 0 Å². The van der Waals surface area contributed by atoms with Gasteiger partial charge in [-0.3, -0.25) is 4.79 Å². The lowest BCUT2D eigenvalue weighted by molar-refractivity contribution is 0.0768. The van der Waals surface area contributed by atoms with Gasteiger partial charge in [0.05, 0.1) is 7.11 Å². The van der Waals surface area contributed by atoms with Crippen molar-refractivity contribution in [3.05, 3.63) is 41.3 Å². The number of ether oxygens (including phenoxy) is 1. The van der Waals surface area contributed by atoms with Gasteiger partial charge in [0.15, 0.2) is 0 Å².